The van der Waals surface area contributed by atoms with Crippen molar-refractivity contribution in [2.24, 2.45) is 0 Å². The third-order valence-electron chi connectivity index (χ3n) is 3.89. The molecule has 1 aromatic heterocycles. The van der Waals surface area contributed by atoms with E-state index in [0.717, 1.165) is 23.1 Å². The Balaban J connectivity index is 2.01. The maximum absolute atomic E-state index is 6.12. The molecule has 0 atom stereocenters. The van der Waals surface area contributed by atoms with E-state index >= 15 is 0 Å². The number of nitrogens with zero attached hydrogens (tertiary/aromatic N) is 1. The highest BCUT2D eigenvalue weighted by atomic mass is 35.5. The molecule has 0 aliphatic rings. The van der Waals surface area contributed by atoms with E-state index in [-0.39, 0.29) is 0 Å². The Hall–Kier alpha value is -2.32. The molecule has 0 radical (unpaired) electrons. The zero-order valence-electron chi connectivity index (χ0n) is 13.2. The van der Waals surface area contributed by atoms with E-state index in [1.165, 1.54) is 11.1 Å². The van der Waals surface area contributed by atoms with Gasteiger partial charge in [-0.15, -0.1) is 0 Å². The van der Waals surface area contributed by atoms with Gasteiger partial charge in [0.2, 0.25) is 5.88 Å². The molecule has 2 aromatic carbocycles. The number of methoxy groups -OCH3 is 1. The van der Waals surface area contributed by atoms with E-state index in [9.17, 15) is 0 Å². The van der Waals surface area contributed by atoms with Crippen LogP contribution in [0.25, 0.3) is 11.1 Å². The Morgan fingerprint density at radius 2 is 1.87 bits per heavy atom. The van der Waals surface area contributed by atoms with Crippen LogP contribution in [0.4, 0.5) is 0 Å². The van der Waals surface area contributed by atoms with Crippen molar-refractivity contribution >= 4 is 11.6 Å². The highest BCUT2D eigenvalue weighted by molar-refractivity contribution is 6.30. The lowest BCUT2D eigenvalue weighted by atomic mass is 9.99. The van der Waals surface area contributed by atoms with Crippen LogP contribution in [0.3, 0.4) is 0 Å². The fourth-order valence-corrected chi connectivity index (χ4v) is 2.84. The second kappa shape index (κ2) is 6.84. The molecule has 0 unspecified atom stereocenters. The van der Waals surface area contributed by atoms with Gasteiger partial charge in [0.15, 0.2) is 0 Å². The number of hydrogen-bond donors (Lipinski definition) is 0. The van der Waals surface area contributed by atoms with Crippen molar-refractivity contribution in [1.29, 1.82) is 0 Å². The molecule has 0 saturated heterocycles. The molecule has 0 amide bonds. The smallest absolute Gasteiger partial charge is 0.221 e. The topological polar surface area (TPSA) is 22.1 Å². The Morgan fingerprint density at radius 1 is 1.04 bits per heavy atom. The first-order chi connectivity index (χ1) is 11.2. The van der Waals surface area contributed by atoms with Gasteiger partial charge in [-0.25, -0.2) is 4.98 Å². The van der Waals surface area contributed by atoms with E-state index in [0.29, 0.717) is 10.9 Å². The van der Waals surface area contributed by atoms with Crippen LogP contribution in [-0.4, -0.2) is 12.1 Å². The highest BCUT2D eigenvalue weighted by Crippen LogP contribution is 2.31. The van der Waals surface area contributed by atoms with Crippen LogP contribution in [0.15, 0.2) is 60.8 Å². The van der Waals surface area contributed by atoms with Gasteiger partial charge in [-0.05, 0) is 53.8 Å². The molecule has 0 fully saturated rings. The first-order valence-electron chi connectivity index (χ1n) is 7.51. The number of rotatable bonds is 4. The summed E-state index contributed by atoms with van der Waals surface area (Å²) in [7, 11) is 1.64. The molecule has 23 heavy (non-hydrogen) atoms. The minimum Gasteiger partial charge on any atom is -0.481 e. The van der Waals surface area contributed by atoms with E-state index in [4.69, 9.17) is 16.3 Å². The molecule has 0 bridgehead atoms. The number of pyridine rings is 1. The largest absolute Gasteiger partial charge is 0.481 e. The third kappa shape index (κ3) is 3.54. The van der Waals surface area contributed by atoms with E-state index in [1.54, 1.807) is 7.11 Å². The number of hydrogen-bond acceptors (Lipinski definition) is 2. The van der Waals surface area contributed by atoms with Crippen LogP contribution < -0.4 is 4.74 Å². The van der Waals surface area contributed by atoms with E-state index < -0.39 is 0 Å². The lowest BCUT2D eigenvalue weighted by Crippen LogP contribution is -1.97. The van der Waals surface area contributed by atoms with Crippen molar-refractivity contribution in [3.8, 4) is 17.0 Å². The van der Waals surface area contributed by atoms with Crippen LogP contribution in [0.5, 0.6) is 5.88 Å². The van der Waals surface area contributed by atoms with Gasteiger partial charge < -0.3 is 4.74 Å². The Bertz CT molecular complexity index is 829. The normalized spacial score (nSPS) is 10.6. The number of halogens is 1. The monoisotopic (exact) mass is 323 g/mol. The second-order valence-electron chi connectivity index (χ2n) is 5.51. The predicted molar refractivity (Wildman–Crippen MR) is 95.2 cm³/mol. The van der Waals surface area contributed by atoms with Gasteiger partial charge in [0.1, 0.15) is 0 Å². The van der Waals surface area contributed by atoms with Gasteiger partial charge in [0.25, 0.3) is 0 Å². The SMILES string of the molecule is COc1ncc(Cc2ccccc2C)cc1-c1cccc(Cl)c1. The van der Waals surface area contributed by atoms with Crippen molar-refractivity contribution in [2.75, 3.05) is 7.11 Å². The van der Waals surface area contributed by atoms with Crippen LogP contribution >= 0.6 is 11.6 Å². The summed E-state index contributed by atoms with van der Waals surface area (Å²) in [5.74, 6) is 0.612. The molecular weight excluding hydrogens is 306 g/mol. The van der Waals surface area contributed by atoms with Crippen molar-refractivity contribution in [2.45, 2.75) is 13.3 Å². The van der Waals surface area contributed by atoms with Crippen molar-refractivity contribution in [3.63, 3.8) is 0 Å². The second-order valence-corrected chi connectivity index (χ2v) is 5.95. The molecule has 116 valence electrons. The summed E-state index contributed by atoms with van der Waals surface area (Å²) in [4.78, 5) is 4.46. The molecule has 0 saturated carbocycles. The fraction of sp³-hybridized carbons (Fsp3) is 0.150. The first-order valence-corrected chi connectivity index (χ1v) is 7.88. The Labute approximate surface area is 141 Å². The molecule has 3 aromatic rings. The predicted octanol–water partition coefficient (Wildman–Crippen LogP) is 5.31. The van der Waals surface area contributed by atoms with Crippen molar-refractivity contribution < 1.29 is 4.74 Å². The molecule has 3 heteroatoms. The Kier molecular flexibility index (Phi) is 4.63. The summed E-state index contributed by atoms with van der Waals surface area (Å²) in [6.07, 6.45) is 2.72. The average Bonchev–Trinajstić information content (AvgIpc) is 2.57. The van der Waals surface area contributed by atoms with Crippen LogP contribution in [0.1, 0.15) is 16.7 Å². The number of ether oxygens (including phenoxy) is 1. The van der Waals surface area contributed by atoms with E-state index in [2.05, 4.69) is 42.2 Å². The zero-order valence-corrected chi connectivity index (χ0v) is 14.0. The quantitative estimate of drug-likeness (QED) is 0.649. The molecule has 2 nitrogen and oxygen atoms in total. The Morgan fingerprint density at radius 3 is 2.61 bits per heavy atom. The molecule has 0 aliphatic carbocycles. The van der Waals surface area contributed by atoms with Gasteiger partial charge in [-0.1, -0.05) is 48.0 Å². The molecule has 3 rings (SSSR count). The average molecular weight is 324 g/mol. The molecule has 0 aliphatic heterocycles. The minimum absolute atomic E-state index is 0.612. The van der Waals surface area contributed by atoms with Gasteiger partial charge in [-0.2, -0.15) is 0 Å². The maximum Gasteiger partial charge on any atom is 0.221 e. The number of benzene rings is 2. The molecule has 0 N–H and O–H groups in total. The third-order valence-corrected chi connectivity index (χ3v) is 4.13. The maximum atomic E-state index is 6.12. The highest BCUT2D eigenvalue weighted by Gasteiger charge is 2.10. The van der Waals surface area contributed by atoms with Gasteiger partial charge >= 0.3 is 0 Å². The number of aryl methyl sites for hydroxylation is 1. The molecule has 1 heterocycles. The zero-order chi connectivity index (χ0) is 16.2. The fourth-order valence-electron chi connectivity index (χ4n) is 2.65. The summed E-state index contributed by atoms with van der Waals surface area (Å²) >= 11 is 6.12. The van der Waals surface area contributed by atoms with Gasteiger partial charge in [0, 0.05) is 16.8 Å². The van der Waals surface area contributed by atoms with Crippen molar-refractivity contribution in [1.82, 2.24) is 4.98 Å². The minimum atomic E-state index is 0.612. The summed E-state index contributed by atoms with van der Waals surface area (Å²) in [5, 5.41) is 0.703. The van der Waals surface area contributed by atoms with E-state index in [1.807, 2.05) is 30.5 Å². The van der Waals surface area contributed by atoms with Crippen molar-refractivity contribution in [3.05, 3.63) is 82.5 Å². The lowest BCUT2D eigenvalue weighted by molar-refractivity contribution is 0.399. The first kappa shape index (κ1) is 15.6. The summed E-state index contributed by atoms with van der Waals surface area (Å²) in [5.41, 5.74) is 5.70. The van der Waals surface area contributed by atoms with Crippen LogP contribution in [0.2, 0.25) is 5.02 Å². The van der Waals surface area contributed by atoms with Gasteiger partial charge in [0.05, 0.1) is 7.11 Å². The molecule has 0 spiro atoms. The number of aromatic nitrogens is 1. The lowest BCUT2D eigenvalue weighted by Gasteiger charge is -2.11. The molecular formula is C20H18ClNO. The summed E-state index contributed by atoms with van der Waals surface area (Å²) in [6, 6.07) is 18.3. The van der Waals surface area contributed by atoms with Crippen LogP contribution in [0, 0.1) is 6.92 Å². The standard InChI is InChI=1S/C20H18ClNO/c1-14-6-3-4-7-16(14)10-15-11-19(20(23-2)22-13-15)17-8-5-9-18(21)12-17/h3-9,11-13H,10H2,1-2H3. The van der Waals surface area contributed by atoms with Crippen LogP contribution in [-0.2, 0) is 6.42 Å². The summed E-state index contributed by atoms with van der Waals surface area (Å²) < 4.78 is 5.41. The van der Waals surface area contributed by atoms with Gasteiger partial charge in [-0.3, -0.25) is 0 Å². The summed E-state index contributed by atoms with van der Waals surface area (Å²) in [6.45, 7) is 2.13.